The number of hydrogen-bond acceptors (Lipinski definition) is 9. The number of rotatable bonds is 4. The number of hydrogen-bond donors (Lipinski definition) is 0. The Kier molecular flexibility index (Phi) is 4.56. The third kappa shape index (κ3) is 2.68. The maximum Gasteiger partial charge on any atom is 0.315 e. The van der Waals surface area contributed by atoms with E-state index in [1.165, 1.54) is 14.0 Å². The molecule has 182 valence electrons. The summed E-state index contributed by atoms with van der Waals surface area (Å²) in [6.07, 6.45) is 2.73. The first kappa shape index (κ1) is 22.8. The van der Waals surface area contributed by atoms with Gasteiger partial charge in [-0.1, -0.05) is 6.58 Å². The molecule has 1 saturated heterocycles. The second-order valence-corrected chi connectivity index (χ2v) is 12.4. The van der Waals surface area contributed by atoms with Gasteiger partial charge in [-0.25, -0.2) is 0 Å². The fourth-order valence-electron chi connectivity index (χ4n) is 8.51. The minimum Gasteiger partial charge on any atom is -0.469 e. The topological polar surface area (TPSA) is 122 Å². The summed E-state index contributed by atoms with van der Waals surface area (Å²) in [7, 11) is -2.54. The Morgan fingerprint density at radius 1 is 1.21 bits per heavy atom. The molecule has 5 aliphatic rings. The van der Waals surface area contributed by atoms with Crippen LogP contribution >= 0.6 is 0 Å². The van der Waals surface area contributed by atoms with Crippen LogP contribution in [0.25, 0.3) is 0 Å². The monoisotopic (exact) mass is 482 g/mol. The van der Waals surface area contributed by atoms with E-state index < -0.39 is 68.0 Å². The fourth-order valence-corrected chi connectivity index (χ4v) is 9.23. The first-order chi connectivity index (χ1) is 15.3. The van der Waals surface area contributed by atoms with Crippen molar-refractivity contribution < 1.29 is 41.2 Å². The smallest absolute Gasteiger partial charge is 0.315 e. The highest BCUT2D eigenvalue weighted by molar-refractivity contribution is 7.86. The van der Waals surface area contributed by atoms with Gasteiger partial charge in [0.25, 0.3) is 10.1 Å². The molecule has 4 bridgehead atoms. The zero-order valence-corrected chi connectivity index (χ0v) is 20.2. The highest BCUT2D eigenvalue weighted by atomic mass is 32.2. The molecule has 4 saturated carbocycles. The van der Waals surface area contributed by atoms with E-state index in [1.807, 2.05) is 0 Å². The van der Waals surface area contributed by atoms with Crippen molar-refractivity contribution >= 4 is 28.0 Å². The van der Waals surface area contributed by atoms with Crippen LogP contribution in [0.15, 0.2) is 12.2 Å². The normalized spacial score (nSPS) is 47.5. The minimum atomic E-state index is -3.85. The van der Waals surface area contributed by atoms with Crippen molar-refractivity contribution in [2.45, 2.75) is 69.7 Å². The molecule has 33 heavy (non-hydrogen) atoms. The third-order valence-electron chi connectivity index (χ3n) is 9.32. The lowest BCUT2D eigenvalue weighted by molar-refractivity contribution is -0.169. The van der Waals surface area contributed by atoms with Gasteiger partial charge in [-0.15, -0.1) is 0 Å². The number of carbonyl (C=O) groups is 3. The van der Waals surface area contributed by atoms with Crippen LogP contribution in [0, 0.1) is 28.6 Å². The molecular weight excluding hydrogens is 452 g/mol. The van der Waals surface area contributed by atoms with E-state index in [0.717, 1.165) is 11.8 Å². The minimum absolute atomic E-state index is 0.160. The molecular formula is C23H30O9S. The van der Waals surface area contributed by atoms with Crippen molar-refractivity contribution in [2.75, 3.05) is 13.4 Å². The van der Waals surface area contributed by atoms with Crippen LogP contribution in [-0.2, 0) is 42.9 Å². The Balaban J connectivity index is 1.68. The van der Waals surface area contributed by atoms with Crippen LogP contribution in [-0.4, -0.2) is 57.0 Å². The fraction of sp³-hybridized carbons (Fsp3) is 0.783. The van der Waals surface area contributed by atoms with Crippen molar-refractivity contribution in [1.82, 2.24) is 0 Å². The molecule has 4 aliphatic carbocycles. The van der Waals surface area contributed by atoms with Crippen molar-refractivity contribution in [3.63, 3.8) is 0 Å². The van der Waals surface area contributed by atoms with E-state index in [-0.39, 0.29) is 5.92 Å². The van der Waals surface area contributed by atoms with Gasteiger partial charge in [0, 0.05) is 18.8 Å². The van der Waals surface area contributed by atoms with Gasteiger partial charge < -0.3 is 14.2 Å². The van der Waals surface area contributed by atoms with E-state index in [4.69, 9.17) is 18.4 Å². The highest BCUT2D eigenvalue weighted by Crippen LogP contribution is 2.79. The lowest BCUT2D eigenvalue weighted by atomic mass is 9.59. The van der Waals surface area contributed by atoms with Crippen LogP contribution in [0.5, 0.6) is 0 Å². The van der Waals surface area contributed by atoms with E-state index in [9.17, 15) is 22.8 Å². The molecule has 0 aromatic heterocycles. The molecule has 0 radical (unpaired) electrons. The van der Waals surface area contributed by atoms with E-state index in [0.29, 0.717) is 38.5 Å². The standard InChI is InChI=1S/C23H30O9S/c1-12-10-21-11-22(12,30-13(2)24)8-6-14(21)23-9-7-15(32-33(5,27)28)20(3,19(26)31-23)17(23)16(21)18(25)29-4/h14-17H,1,6-11H2,2-5H3/t14?,15-,16?,17?,20-,21-,22-,23+/m0/s1. The summed E-state index contributed by atoms with van der Waals surface area (Å²) in [5.74, 6) is -2.93. The Hall–Kier alpha value is -1.94. The Labute approximate surface area is 193 Å². The van der Waals surface area contributed by atoms with Gasteiger partial charge in [0.05, 0.1) is 25.4 Å². The van der Waals surface area contributed by atoms with E-state index in [2.05, 4.69) is 6.58 Å². The van der Waals surface area contributed by atoms with E-state index >= 15 is 0 Å². The van der Waals surface area contributed by atoms with Gasteiger partial charge in [-0.05, 0) is 56.4 Å². The molecule has 0 aromatic rings. The lowest BCUT2D eigenvalue weighted by Crippen LogP contribution is -2.54. The quantitative estimate of drug-likeness (QED) is 0.256. The second kappa shape index (κ2) is 6.59. The Morgan fingerprint density at radius 2 is 1.91 bits per heavy atom. The van der Waals surface area contributed by atoms with Gasteiger partial charge >= 0.3 is 17.9 Å². The maximum atomic E-state index is 13.4. The average molecular weight is 483 g/mol. The summed E-state index contributed by atoms with van der Waals surface area (Å²) in [5, 5.41) is 0. The van der Waals surface area contributed by atoms with Crippen molar-refractivity contribution in [1.29, 1.82) is 0 Å². The molecule has 10 heteroatoms. The first-order valence-electron chi connectivity index (χ1n) is 11.3. The number of fused-ring (bicyclic) bond motifs is 1. The lowest BCUT2D eigenvalue weighted by Gasteiger charge is -2.46. The molecule has 0 amide bonds. The molecule has 1 spiro atoms. The summed E-state index contributed by atoms with van der Waals surface area (Å²) in [5.41, 5.74) is -3.01. The van der Waals surface area contributed by atoms with Crippen LogP contribution in [0.4, 0.5) is 0 Å². The van der Waals surface area contributed by atoms with Gasteiger partial charge in [0.15, 0.2) is 0 Å². The Morgan fingerprint density at radius 3 is 2.52 bits per heavy atom. The molecule has 1 aliphatic heterocycles. The second-order valence-electron chi connectivity index (χ2n) is 10.8. The van der Waals surface area contributed by atoms with Crippen LogP contribution in [0.2, 0.25) is 0 Å². The van der Waals surface area contributed by atoms with Crippen molar-refractivity contribution in [2.24, 2.45) is 28.6 Å². The van der Waals surface area contributed by atoms with Crippen molar-refractivity contribution in [3.05, 3.63) is 12.2 Å². The van der Waals surface area contributed by atoms with Crippen molar-refractivity contribution in [3.8, 4) is 0 Å². The van der Waals surface area contributed by atoms with Gasteiger partial charge in [-0.2, -0.15) is 8.42 Å². The SMILES string of the molecule is C=C1C[C@]23C[C@@]1(OC(C)=O)CCC2[C@@]12CC[C@H](OS(C)(=O)=O)[C@](C)(C(=O)O1)C2C3C(=O)OC. The summed E-state index contributed by atoms with van der Waals surface area (Å²) in [4.78, 5) is 38.7. The first-order valence-corrected chi connectivity index (χ1v) is 13.1. The molecule has 9 nitrogen and oxygen atoms in total. The summed E-state index contributed by atoms with van der Waals surface area (Å²) < 4.78 is 46.7. The van der Waals surface area contributed by atoms with Crippen LogP contribution in [0.3, 0.4) is 0 Å². The number of carbonyl (C=O) groups excluding carboxylic acids is 3. The number of methoxy groups -OCH3 is 1. The van der Waals surface area contributed by atoms with Crippen LogP contribution in [0.1, 0.15) is 52.4 Å². The number of esters is 3. The third-order valence-corrected chi connectivity index (χ3v) is 9.90. The molecule has 5 rings (SSSR count). The zero-order chi connectivity index (χ0) is 24.2. The molecule has 8 atom stereocenters. The summed E-state index contributed by atoms with van der Waals surface area (Å²) >= 11 is 0. The highest BCUT2D eigenvalue weighted by Gasteiger charge is 2.85. The largest absolute Gasteiger partial charge is 0.469 e. The molecule has 3 unspecified atom stereocenters. The molecule has 5 fully saturated rings. The van der Waals surface area contributed by atoms with Gasteiger partial charge in [0.2, 0.25) is 0 Å². The predicted octanol–water partition coefficient (Wildman–Crippen LogP) is 1.89. The number of ether oxygens (including phenoxy) is 3. The van der Waals surface area contributed by atoms with E-state index in [1.54, 1.807) is 6.92 Å². The summed E-state index contributed by atoms with van der Waals surface area (Å²) in [6.45, 7) is 7.25. The zero-order valence-electron chi connectivity index (χ0n) is 19.3. The summed E-state index contributed by atoms with van der Waals surface area (Å²) in [6, 6.07) is 0. The van der Waals surface area contributed by atoms with Crippen LogP contribution < -0.4 is 0 Å². The van der Waals surface area contributed by atoms with Gasteiger partial charge in [0.1, 0.15) is 16.6 Å². The Bertz CT molecular complexity index is 1080. The maximum absolute atomic E-state index is 13.4. The molecule has 0 aromatic carbocycles. The molecule has 1 heterocycles. The predicted molar refractivity (Wildman–Crippen MR) is 113 cm³/mol. The average Bonchev–Trinajstić information content (AvgIpc) is 3.13. The molecule has 0 N–H and O–H groups in total. The van der Waals surface area contributed by atoms with Gasteiger partial charge in [-0.3, -0.25) is 18.6 Å².